The summed E-state index contributed by atoms with van der Waals surface area (Å²) in [5.41, 5.74) is -0.281. The number of esters is 1. The summed E-state index contributed by atoms with van der Waals surface area (Å²) in [5.74, 6) is -0.657. The summed E-state index contributed by atoms with van der Waals surface area (Å²) in [6.45, 7) is 7.89. The van der Waals surface area contributed by atoms with Crippen LogP contribution in [0.5, 0.6) is 5.75 Å². The number of ether oxygens (including phenoxy) is 1. The van der Waals surface area contributed by atoms with Crippen LogP contribution in [0, 0.1) is 0 Å². The van der Waals surface area contributed by atoms with Crippen molar-refractivity contribution in [2.24, 2.45) is 0 Å². The predicted octanol–water partition coefficient (Wildman–Crippen LogP) is 0.0160. The number of benzene rings is 1. The number of hydrogen-bond donors (Lipinski definition) is 4. The second kappa shape index (κ2) is 9.60. The first-order valence-corrected chi connectivity index (χ1v) is 12.2. The number of carbonyl (C=O) groups excluding carboxylic acids is 2. The molecule has 1 aromatic rings. The Kier molecular flexibility index (Phi) is 8.31. The van der Waals surface area contributed by atoms with Gasteiger partial charge in [-0.25, -0.2) is 0 Å². The maximum atomic E-state index is 11.4. The molecule has 1 heterocycles. The van der Waals surface area contributed by atoms with Crippen molar-refractivity contribution in [1.29, 1.82) is 0 Å². The molecule has 0 bridgehead atoms. The number of anilines is 1. The van der Waals surface area contributed by atoms with E-state index in [1.807, 2.05) is 20.8 Å². The number of aromatic hydroxyl groups is 1. The van der Waals surface area contributed by atoms with Crippen molar-refractivity contribution in [2.75, 3.05) is 18.5 Å². The van der Waals surface area contributed by atoms with Crippen molar-refractivity contribution in [3.8, 4) is 5.75 Å². The van der Waals surface area contributed by atoms with E-state index in [9.17, 15) is 18.4 Å². The summed E-state index contributed by atoms with van der Waals surface area (Å²) < 4.78 is 34.1. The van der Waals surface area contributed by atoms with Crippen LogP contribution in [0.15, 0.2) is 18.2 Å². The Morgan fingerprint density at radius 2 is 1.89 bits per heavy atom. The summed E-state index contributed by atoms with van der Waals surface area (Å²) >= 11 is -5.00. The molecule has 1 aromatic carbocycles. The molecule has 0 saturated carbocycles. The largest absolute Gasteiger partial charge is 0.459 e. The summed E-state index contributed by atoms with van der Waals surface area (Å²) in [7, 11) is 1.41. The van der Waals surface area contributed by atoms with Gasteiger partial charge in [0, 0.05) is 0 Å². The molecule has 1 aliphatic rings. The van der Waals surface area contributed by atoms with E-state index in [0.29, 0.717) is 0 Å². The smallest absolute Gasteiger partial charge is 0.323 e. The maximum Gasteiger partial charge on any atom is 0.323 e. The first-order valence-electron chi connectivity index (χ1n) is 8.82. The van der Waals surface area contributed by atoms with Crippen LogP contribution in [-0.4, -0.2) is 64.6 Å². The molecule has 1 amide bonds. The van der Waals surface area contributed by atoms with Gasteiger partial charge in [0.2, 0.25) is 0 Å². The van der Waals surface area contributed by atoms with E-state index in [-0.39, 0.29) is 39.3 Å². The molecule has 0 aliphatic carbocycles. The topological polar surface area (TPSA) is 136 Å². The summed E-state index contributed by atoms with van der Waals surface area (Å²) in [5, 5.41) is 12.6. The number of hydrogen-bond acceptors (Lipinski definition) is 6. The maximum absolute atomic E-state index is 11.4. The molecule has 1 aliphatic heterocycles. The predicted molar refractivity (Wildman–Crippen MR) is 105 cm³/mol. The minimum Gasteiger partial charge on any atom is -0.459 e. The van der Waals surface area contributed by atoms with Crippen LogP contribution in [0.4, 0.5) is 5.69 Å². The number of nitrogens with zero attached hydrogens (tertiary/aromatic N) is 1. The zero-order valence-electron chi connectivity index (χ0n) is 16.8. The Bertz CT molecular complexity index is 749. The molecule has 0 spiro atoms. The van der Waals surface area contributed by atoms with Crippen LogP contribution in [0.3, 0.4) is 0 Å². The monoisotopic (exact) mass is 460 g/mol. The number of nitrogens with one attached hydrogen (secondary N) is 1. The van der Waals surface area contributed by atoms with Crippen LogP contribution >= 0.6 is 0 Å². The second-order valence-corrected chi connectivity index (χ2v) is 10.8. The standard InChI is InChI=1S/C9H12AsNO5.C9H17NO2/c1-6(12)11(2)8-5-7(10(14,15)16)3-4-9(8)13;1-9(2,3)12-8(11)7-5-4-6-10-7/h3-5,13H,1-2H3,(H2,14,15,16);7,10H,4-6H2,1-3H3. The van der Waals surface area contributed by atoms with Gasteiger partial charge in [0.1, 0.15) is 11.6 Å². The Morgan fingerprint density at radius 1 is 1.29 bits per heavy atom. The SMILES string of the molecule is CC(=O)N(C)c1cc([As](=O)(O)O)ccc1O.CC(C)(C)OC(=O)C1CCCN1. The molecular weight excluding hydrogens is 431 g/mol. The fourth-order valence-electron chi connectivity index (χ4n) is 2.39. The summed E-state index contributed by atoms with van der Waals surface area (Å²) in [4.78, 5) is 23.6. The van der Waals surface area contributed by atoms with Crippen molar-refractivity contribution >= 4 is 36.1 Å². The third kappa shape index (κ3) is 7.67. The molecule has 28 heavy (non-hydrogen) atoms. The fourth-order valence-corrected chi connectivity index (χ4v) is 3.56. The van der Waals surface area contributed by atoms with E-state index in [4.69, 9.17) is 12.9 Å². The van der Waals surface area contributed by atoms with Crippen LogP contribution in [0.25, 0.3) is 0 Å². The number of phenolic OH excluding ortho intramolecular Hbond substituents is 1. The van der Waals surface area contributed by atoms with Gasteiger partial charge in [0.05, 0.1) is 0 Å². The van der Waals surface area contributed by atoms with Crippen molar-refractivity contribution in [3.05, 3.63) is 18.2 Å². The number of rotatable bonds is 3. The molecule has 1 unspecified atom stereocenters. The molecule has 4 N–H and O–H groups in total. The molecule has 1 atom stereocenters. The van der Waals surface area contributed by atoms with E-state index < -0.39 is 14.2 Å². The van der Waals surface area contributed by atoms with Crippen LogP contribution in [0.2, 0.25) is 0 Å². The van der Waals surface area contributed by atoms with Gasteiger partial charge in [-0.1, -0.05) is 0 Å². The summed E-state index contributed by atoms with van der Waals surface area (Å²) in [6.07, 6.45) is 1.98. The van der Waals surface area contributed by atoms with Crippen LogP contribution < -0.4 is 14.6 Å². The second-order valence-electron chi connectivity index (χ2n) is 7.48. The van der Waals surface area contributed by atoms with E-state index in [1.54, 1.807) is 0 Å². The van der Waals surface area contributed by atoms with Gasteiger partial charge in [-0.15, -0.1) is 0 Å². The Balaban J connectivity index is 0.000000292. The van der Waals surface area contributed by atoms with E-state index in [0.717, 1.165) is 42.5 Å². The zero-order chi connectivity index (χ0) is 21.7. The van der Waals surface area contributed by atoms with Gasteiger partial charge in [0.15, 0.2) is 0 Å². The first-order chi connectivity index (χ1) is 12.7. The Morgan fingerprint density at radius 3 is 2.32 bits per heavy atom. The Labute approximate surface area is 167 Å². The minimum absolute atomic E-state index is 0.0655. The third-order valence-electron chi connectivity index (χ3n) is 3.88. The van der Waals surface area contributed by atoms with E-state index >= 15 is 0 Å². The molecule has 9 nitrogen and oxygen atoms in total. The number of phenols is 1. The molecule has 2 rings (SSSR count). The van der Waals surface area contributed by atoms with Gasteiger partial charge in [-0.3, -0.25) is 4.79 Å². The van der Waals surface area contributed by atoms with Gasteiger partial charge in [0.25, 0.3) is 0 Å². The molecule has 1 saturated heterocycles. The molecule has 0 radical (unpaired) electrons. The molecule has 1 fully saturated rings. The molecular formula is C18H29AsN2O7. The van der Waals surface area contributed by atoms with E-state index in [1.165, 1.54) is 14.0 Å². The van der Waals surface area contributed by atoms with Crippen molar-refractivity contribution in [1.82, 2.24) is 5.32 Å². The van der Waals surface area contributed by atoms with E-state index in [2.05, 4.69) is 5.32 Å². The molecule has 0 aromatic heterocycles. The normalized spacial score (nSPS) is 16.8. The Hall–Kier alpha value is -1.80. The average molecular weight is 460 g/mol. The van der Waals surface area contributed by atoms with Crippen LogP contribution in [-0.2, 0) is 18.1 Å². The zero-order valence-corrected chi connectivity index (χ0v) is 18.7. The minimum atomic E-state index is -5.00. The fraction of sp³-hybridized carbons (Fsp3) is 0.556. The van der Waals surface area contributed by atoms with Crippen molar-refractivity contribution in [3.63, 3.8) is 0 Å². The average Bonchev–Trinajstić information content (AvgIpc) is 3.07. The molecule has 10 heteroatoms. The van der Waals surface area contributed by atoms with Gasteiger partial charge in [-0.05, 0) is 40.2 Å². The molecule has 158 valence electrons. The van der Waals surface area contributed by atoms with Gasteiger partial charge < -0.3 is 10.1 Å². The quantitative estimate of drug-likeness (QED) is 0.366. The summed E-state index contributed by atoms with van der Waals surface area (Å²) in [6, 6.07) is 3.36. The van der Waals surface area contributed by atoms with Crippen LogP contribution in [0.1, 0.15) is 40.5 Å². The first kappa shape index (κ1) is 24.2. The van der Waals surface area contributed by atoms with Crippen molar-refractivity contribution < 1.29 is 31.4 Å². The number of carbonyl (C=O) groups is 2. The van der Waals surface area contributed by atoms with Gasteiger partial charge >= 0.3 is 101 Å². The number of amides is 1. The van der Waals surface area contributed by atoms with Crippen molar-refractivity contribution in [2.45, 2.75) is 52.2 Å². The van der Waals surface area contributed by atoms with Gasteiger partial charge in [-0.2, -0.15) is 0 Å². The third-order valence-corrected chi connectivity index (χ3v) is 5.88.